The number of hydrogen-bond donors (Lipinski definition) is 2. The summed E-state index contributed by atoms with van der Waals surface area (Å²) in [4.78, 5) is 2.09. The van der Waals surface area contributed by atoms with Gasteiger partial charge in [-0.3, -0.25) is 4.72 Å². The largest absolute Gasteiger partial charge is 0.508 e. The Hall–Kier alpha value is -2.72. The minimum atomic E-state index is -3.33. The first-order chi connectivity index (χ1) is 11.8. The maximum atomic E-state index is 11.3. The van der Waals surface area contributed by atoms with Crippen LogP contribution in [0.1, 0.15) is 30.0 Å². The van der Waals surface area contributed by atoms with Crippen LogP contribution in [0, 0.1) is 11.3 Å². The Kier molecular flexibility index (Phi) is 4.31. The monoisotopic (exact) mass is 357 g/mol. The van der Waals surface area contributed by atoms with Crippen molar-refractivity contribution in [1.82, 2.24) is 0 Å². The SMILES string of the molecule is CCN1c2cc(O)ccc2C(C#N)C1c1ccc(NS(C)(=O)=O)cc1. The molecular weight excluding hydrogens is 338 g/mol. The summed E-state index contributed by atoms with van der Waals surface area (Å²) >= 11 is 0. The molecule has 1 aliphatic heterocycles. The molecule has 2 atom stereocenters. The van der Waals surface area contributed by atoms with Gasteiger partial charge in [0.25, 0.3) is 0 Å². The lowest BCUT2D eigenvalue weighted by Gasteiger charge is -2.28. The molecule has 0 saturated carbocycles. The molecular formula is C18H19N3O3S. The maximum absolute atomic E-state index is 11.3. The van der Waals surface area contributed by atoms with Gasteiger partial charge in [-0.05, 0) is 36.2 Å². The van der Waals surface area contributed by atoms with Gasteiger partial charge in [-0.25, -0.2) is 8.42 Å². The third-order valence-corrected chi connectivity index (χ3v) is 4.95. The van der Waals surface area contributed by atoms with Crippen molar-refractivity contribution in [2.24, 2.45) is 0 Å². The fraction of sp³-hybridized carbons (Fsp3) is 0.278. The van der Waals surface area contributed by atoms with Crippen LogP contribution < -0.4 is 9.62 Å². The second kappa shape index (κ2) is 6.30. The van der Waals surface area contributed by atoms with Gasteiger partial charge in [0, 0.05) is 24.0 Å². The van der Waals surface area contributed by atoms with Crippen LogP contribution in [-0.4, -0.2) is 26.3 Å². The Labute approximate surface area is 147 Å². The van der Waals surface area contributed by atoms with Gasteiger partial charge in [0.2, 0.25) is 10.0 Å². The molecule has 3 rings (SSSR count). The molecule has 2 aromatic carbocycles. The van der Waals surface area contributed by atoms with E-state index in [1.165, 1.54) is 0 Å². The van der Waals surface area contributed by atoms with Gasteiger partial charge in [0.1, 0.15) is 5.75 Å². The van der Waals surface area contributed by atoms with Crippen LogP contribution >= 0.6 is 0 Å². The van der Waals surface area contributed by atoms with E-state index >= 15 is 0 Å². The number of phenolic OH excluding ortho intramolecular Hbond substituents is 1. The summed E-state index contributed by atoms with van der Waals surface area (Å²) in [5, 5.41) is 19.5. The average Bonchev–Trinajstić information content (AvgIpc) is 2.86. The molecule has 25 heavy (non-hydrogen) atoms. The van der Waals surface area contributed by atoms with Gasteiger partial charge in [-0.2, -0.15) is 5.26 Å². The summed E-state index contributed by atoms with van der Waals surface area (Å²) in [7, 11) is -3.33. The van der Waals surface area contributed by atoms with E-state index in [9.17, 15) is 18.8 Å². The lowest BCUT2D eigenvalue weighted by molar-refractivity contribution is 0.475. The summed E-state index contributed by atoms with van der Waals surface area (Å²) in [6.45, 7) is 2.68. The van der Waals surface area contributed by atoms with Crippen molar-refractivity contribution < 1.29 is 13.5 Å². The third-order valence-electron chi connectivity index (χ3n) is 4.35. The number of rotatable bonds is 4. The molecule has 0 bridgehead atoms. The highest BCUT2D eigenvalue weighted by molar-refractivity contribution is 7.92. The number of nitriles is 1. The second-order valence-electron chi connectivity index (χ2n) is 6.08. The zero-order valence-corrected chi connectivity index (χ0v) is 14.8. The van der Waals surface area contributed by atoms with E-state index in [1.54, 1.807) is 30.3 Å². The Bertz CT molecular complexity index is 933. The zero-order valence-electron chi connectivity index (χ0n) is 14.0. The van der Waals surface area contributed by atoms with Crippen LogP contribution in [0.25, 0.3) is 0 Å². The second-order valence-corrected chi connectivity index (χ2v) is 7.83. The Morgan fingerprint density at radius 1 is 1.24 bits per heavy atom. The molecule has 2 unspecified atom stereocenters. The van der Waals surface area contributed by atoms with Crippen molar-refractivity contribution in [3.05, 3.63) is 53.6 Å². The number of likely N-dealkylation sites (N-methyl/N-ethyl adjacent to an activating group) is 1. The standard InChI is InChI=1S/C18H19N3O3S/c1-3-21-17-10-14(22)8-9-15(17)16(11-19)18(21)12-4-6-13(7-5-12)20-25(2,23)24/h4-10,16,18,20,22H,3H2,1-2H3. The molecule has 1 aliphatic rings. The first kappa shape index (κ1) is 17.1. The number of benzene rings is 2. The fourth-order valence-electron chi connectivity index (χ4n) is 3.39. The summed E-state index contributed by atoms with van der Waals surface area (Å²) < 4.78 is 25.1. The number of anilines is 2. The zero-order chi connectivity index (χ0) is 18.2. The molecule has 7 heteroatoms. The third kappa shape index (κ3) is 3.26. The van der Waals surface area contributed by atoms with Gasteiger partial charge < -0.3 is 10.0 Å². The number of sulfonamides is 1. The van der Waals surface area contributed by atoms with E-state index in [2.05, 4.69) is 15.7 Å². The van der Waals surface area contributed by atoms with Crippen molar-refractivity contribution in [1.29, 1.82) is 5.26 Å². The predicted molar refractivity (Wildman–Crippen MR) is 97.1 cm³/mol. The summed E-state index contributed by atoms with van der Waals surface area (Å²) in [6.07, 6.45) is 1.10. The van der Waals surface area contributed by atoms with Gasteiger partial charge in [0.05, 0.1) is 24.3 Å². The van der Waals surface area contributed by atoms with Crippen molar-refractivity contribution in [3.8, 4) is 11.8 Å². The number of nitrogens with one attached hydrogen (secondary N) is 1. The molecule has 0 amide bonds. The van der Waals surface area contributed by atoms with E-state index in [0.717, 1.165) is 23.1 Å². The molecule has 0 radical (unpaired) electrons. The number of hydrogen-bond acceptors (Lipinski definition) is 5. The Morgan fingerprint density at radius 2 is 1.92 bits per heavy atom. The Balaban J connectivity index is 2.00. The summed E-state index contributed by atoms with van der Waals surface area (Å²) in [6, 6.07) is 14.3. The highest BCUT2D eigenvalue weighted by Gasteiger charge is 2.39. The lowest BCUT2D eigenvalue weighted by atomic mass is 9.91. The highest BCUT2D eigenvalue weighted by Crippen LogP contribution is 2.49. The maximum Gasteiger partial charge on any atom is 0.229 e. The smallest absolute Gasteiger partial charge is 0.229 e. The molecule has 2 aromatic rings. The molecule has 130 valence electrons. The van der Waals surface area contributed by atoms with Gasteiger partial charge in [-0.1, -0.05) is 18.2 Å². The van der Waals surface area contributed by atoms with Crippen molar-refractivity contribution >= 4 is 21.4 Å². The van der Waals surface area contributed by atoms with Crippen LogP contribution in [0.2, 0.25) is 0 Å². The average molecular weight is 357 g/mol. The Morgan fingerprint density at radius 3 is 2.48 bits per heavy atom. The quantitative estimate of drug-likeness (QED) is 0.877. The van der Waals surface area contributed by atoms with Crippen LogP contribution in [0.3, 0.4) is 0 Å². The fourth-order valence-corrected chi connectivity index (χ4v) is 3.95. The number of nitrogens with zero attached hydrogens (tertiary/aromatic N) is 2. The van der Waals surface area contributed by atoms with Crippen LogP contribution in [0.15, 0.2) is 42.5 Å². The molecule has 0 aliphatic carbocycles. The van der Waals surface area contributed by atoms with E-state index in [4.69, 9.17) is 0 Å². The molecule has 1 heterocycles. The first-order valence-electron chi connectivity index (χ1n) is 7.91. The van der Waals surface area contributed by atoms with Gasteiger partial charge >= 0.3 is 0 Å². The molecule has 2 N–H and O–H groups in total. The van der Waals surface area contributed by atoms with Crippen LogP contribution in [-0.2, 0) is 10.0 Å². The van der Waals surface area contributed by atoms with Crippen LogP contribution in [0.5, 0.6) is 5.75 Å². The molecule has 0 fully saturated rings. The van der Waals surface area contributed by atoms with Crippen molar-refractivity contribution in [3.63, 3.8) is 0 Å². The summed E-state index contributed by atoms with van der Waals surface area (Å²) in [5.41, 5.74) is 3.15. The van der Waals surface area contributed by atoms with Crippen molar-refractivity contribution in [2.75, 3.05) is 22.4 Å². The van der Waals surface area contributed by atoms with Crippen LogP contribution in [0.4, 0.5) is 11.4 Å². The van der Waals surface area contributed by atoms with E-state index in [1.807, 2.05) is 19.1 Å². The van der Waals surface area contributed by atoms with E-state index in [-0.39, 0.29) is 17.7 Å². The van der Waals surface area contributed by atoms with E-state index in [0.29, 0.717) is 12.2 Å². The first-order valence-corrected chi connectivity index (χ1v) is 9.80. The minimum absolute atomic E-state index is 0.169. The molecule has 0 aromatic heterocycles. The van der Waals surface area contributed by atoms with Gasteiger partial charge in [0.15, 0.2) is 0 Å². The molecule has 6 nitrogen and oxygen atoms in total. The molecule has 0 saturated heterocycles. The number of fused-ring (bicyclic) bond motifs is 1. The highest BCUT2D eigenvalue weighted by atomic mass is 32.2. The van der Waals surface area contributed by atoms with Gasteiger partial charge in [-0.15, -0.1) is 0 Å². The minimum Gasteiger partial charge on any atom is -0.508 e. The topological polar surface area (TPSA) is 93.4 Å². The lowest BCUT2D eigenvalue weighted by Crippen LogP contribution is -2.26. The van der Waals surface area contributed by atoms with Crippen molar-refractivity contribution in [2.45, 2.75) is 18.9 Å². The summed E-state index contributed by atoms with van der Waals surface area (Å²) in [5.74, 6) is -0.188. The number of aromatic hydroxyl groups is 1. The predicted octanol–water partition coefficient (Wildman–Crippen LogP) is 2.95. The normalized spacial score (nSPS) is 19.3. The number of phenols is 1. The molecule has 0 spiro atoms. The van der Waals surface area contributed by atoms with E-state index < -0.39 is 10.0 Å².